The first kappa shape index (κ1) is 9.61. The lowest BCUT2D eigenvalue weighted by atomic mass is 10.1. The van der Waals surface area contributed by atoms with E-state index in [-0.39, 0.29) is 12.7 Å². The molecule has 14 heavy (non-hydrogen) atoms. The Hall–Kier alpha value is -0.940. The van der Waals surface area contributed by atoms with Gasteiger partial charge in [-0.3, -0.25) is 0 Å². The highest BCUT2D eigenvalue weighted by Gasteiger charge is 2.16. The van der Waals surface area contributed by atoms with E-state index in [1.54, 1.807) is 10.9 Å². The third-order valence-electron chi connectivity index (χ3n) is 2.51. The van der Waals surface area contributed by atoms with Gasteiger partial charge in [-0.1, -0.05) is 5.21 Å². The standard InChI is InChI=1S/C9H15N3O2/c13-7-8-5-10-11-12(8)6-9-3-1-2-4-14-9/h5,9,13H,1-4,6-7H2. The quantitative estimate of drug-likeness (QED) is 0.759. The number of hydrogen-bond acceptors (Lipinski definition) is 4. The van der Waals surface area contributed by atoms with E-state index in [1.165, 1.54) is 6.42 Å². The maximum Gasteiger partial charge on any atom is 0.0866 e. The Bertz CT molecular complexity index is 281. The molecule has 0 aliphatic carbocycles. The third-order valence-corrected chi connectivity index (χ3v) is 2.51. The van der Waals surface area contributed by atoms with Crippen molar-refractivity contribution in [1.29, 1.82) is 0 Å². The summed E-state index contributed by atoms with van der Waals surface area (Å²) in [5, 5.41) is 16.7. The second-order valence-electron chi connectivity index (χ2n) is 3.55. The summed E-state index contributed by atoms with van der Waals surface area (Å²) in [6.45, 7) is 1.53. The predicted molar refractivity (Wildman–Crippen MR) is 49.5 cm³/mol. The summed E-state index contributed by atoms with van der Waals surface area (Å²) in [6, 6.07) is 0. The highest BCUT2D eigenvalue weighted by molar-refractivity contribution is 4.91. The van der Waals surface area contributed by atoms with Gasteiger partial charge in [0.2, 0.25) is 0 Å². The van der Waals surface area contributed by atoms with Crippen molar-refractivity contribution in [3.05, 3.63) is 11.9 Å². The Kier molecular flexibility index (Phi) is 3.10. The van der Waals surface area contributed by atoms with E-state index < -0.39 is 0 Å². The van der Waals surface area contributed by atoms with Gasteiger partial charge >= 0.3 is 0 Å². The van der Waals surface area contributed by atoms with Crippen molar-refractivity contribution < 1.29 is 9.84 Å². The predicted octanol–water partition coefficient (Wildman–Crippen LogP) is 0.339. The van der Waals surface area contributed by atoms with Crippen LogP contribution in [0.3, 0.4) is 0 Å². The topological polar surface area (TPSA) is 60.2 Å². The highest BCUT2D eigenvalue weighted by Crippen LogP contribution is 2.14. The lowest BCUT2D eigenvalue weighted by Crippen LogP contribution is -2.25. The third kappa shape index (κ3) is 2.10. The van der Waals surface area contributed by atoms with Gasteiger partial charge in [0.25, 0.3) is 0 Å². The van der Waals surface area contributed by atoms with E-state index in [0.717, 1.165) is 25.1 Å². The molecule has 1 unspecified atom stereocenters. The lowest BCUT2D eigenvalue weighted by molar-refractivity contribution is 0.00272. The smallest absolute Gasteiger partial charge is 0.0866 e. The molecule has 1 saturated heterocycles. The average molecular weight is 197 g/mol. The largest absolute Gasteiger partial charge is 0.390 e. The number of aliphatic hydroxyl groups is 1. The minimum absolute atomic E-state index is 0.0142. The fourth-order valence-electron chi connectivity index (χ4n) is 1.70. The minimum atomic E-state index is -0.0142. The van der Waals surface area contributed by atoms with Crippen molar-refractivity contribution in [3.63, 3.8) is 0 Å². The molecule has 0 spiro atoms. The SMILES string of the molecule is OCc1cnnn1CC1CCCCO1. The number of ether oxygens (including phenoxy) is 1. The average Bonchev–Trinajstić information content (AvgIpc) is 2.67. The molecular formula is C9H15N3O2. The van der Waals surface area contributed by atoms with Crippen LogP contribution in [0.4, 0.5) is 0 Å². The summed E-state index contributed by atoms with van der Waals surface area (Å²) in [7, 11) is 0. The summed E-state index contributed by atoms with van der Waals surface area (Å²) in [4.78, 5) is 0. The van der Waals surface area contributed by atoms with Crippen LogP contribution in [0.2, 0.25) is 0 Å². The lowest BCUT2D eigenvalue weighted by Gasteiger charge is -2.22. The van der Waals surface area contributed by atoms with Gasteiger partial charge < -0.3 is 9.84 Å². The van der Waals surface area contributed by atoms with Crippen LogP contribution < -0.4 is 0 Å². The number of aromatic nitrogens is 3. The second kappa shape index (κ2) is 4.52. The van der Waals surface area contributed by atoms with E-state index >= 15 is 0 Å². The molecule has 1 aliphatic rings. The van der Waals surface area contributed by atoms with Crippen LogP contribution in [0.15, 0.2) is 6.20 Å². The molecule has 5 heteroatoms. The van der Waals surface area contributed by atoms with Crippen molar-refractivity contribution >= 4 is 0 Å². The van der Waals surface area contributed by atoms with Gasteiger partial charge in [0.1, 0.15) is 0 Å². The Balaban J connectivity index is 1.95. The van der Waals surface area contributed by atoms with Crippen LogP contribution in [0.25, 0.3) is 0 Å². The molecule has 2 rings (SSSR count). The molecule has 1 aromatic rings. The molecular weight excluding hydrogens is 182 g/mol. The van der Waals surface area contributed by atoms with Gasteiger partial charge in [0, 0.05) is 6.61 Å². The summed E-state index contributed by atoms with van der Waals surface area (Å²) in [6.07, 6.45) is 5.26. The van der Waals surface area contributed by atoms with Gasteiger partial charge in [-0.25, -0.2) is 4.68 Å². The molecule has 0 aromatic carbocycles. The van der Waals surface area contributed by atoms with E-state index in [0.29, 0.717) is 6.54 Å². The second-order valence-corrected chi connectivity index (χ2v) is 3.55. The Morgan fingerprint density at radius 2 is 2.50 bits per heavy atom. The van der Waals surface area contributed by atoms with Gasteiger partial charge in [-0.15, -0.1) is 5.10 Å². The molecule has 0 bridgehead atoms. The fraction of sp³-hybridized carbons (Fsp3) is 0.778. The van der Waals surface area contributed by atoms with Crippen LogP contribution in [0.1, 0.15) is 25.0 Å². The van der Waals surface area contributed by atoms with E-state index in [1.807, 2.05) is 0 Å². The summed E-state index contributed by atoms with van der Waals surface area (Å²) in [5.74, 6) is 0. The maximum atomic E-state index is 9.00. The first-order valence-electron chi connectivity index (χ1n) is 5.00. The van der Waals surface area contributed by atoms with E-state index in [2.05, 4.69) is 10.3 Å². The van der Waals surface area contributed by atoms with Crippen LogP contribution in [-0.4, -0.2) is 32.8 Å². The molecule has 0 saturated carbocycles. The zero-order valence-electron chi connectivity index (χ0n) is 8.09. The number of hydrogen-bond donors (Lipinski definition) is 1. The minimum Gasteiger partial charge on any atom is -0.390 e. The number of rotatable bonds is 3. The highest BCUT2D eigenvalue weighted by atomic mass is 16.5. The van der Waals surface area contributed by atoms with Crippen molar-refractivity contribution in [2.24, 2.45) is 0 Å². The molecule has 1 aliphatic heterocycles. The molecule has 0 amide bonds. The van der Waals surface area contributed by atoms with Crippen LogP contribution in [0.5, 0.6) is 0 Å². The molecule has 5 nitrogen and oxygen atoms in total. The zero-order chi connectivity index (χ0) is 9.80. The van der Waals surface area contributed by atoms with E-state index in [4.69, 9.17) is 9.84 Å². The summed E-state index contributed by atoms with van der Waals surface area (Å²) in [5.41, 5.74) is 0.749. The Morgan fingerprint density at radius 1 is 1.57 bits per heavy atom. The maximum absolute atomic E-state index is 9.00. The van der Waals surface area contributed by atoms with Gasteiger partial charge in [0.15, 0.2) is 0 Å². The molecule has 1 aromatic heterocycles. The Morgan fingerprint density at radius 3 is 3.21 bits per heavy atom. The molecule has 1 N–H and O–H groups in total. The van der Waals surface area contributed by atoms with Crippen molar-refractivity contribution in [2.45, 2.75) is 38.5 Å². The molecule has 1 atom stereocenters. The van der Waals surface area contributed by atoms with Crippen molar-refractivity contribution in [3.8, 4) is 0 Å². The Labute approximate surface area is 82.7 Å². The zero-order valence-corrected chi connectivity index (χ0v) is 8.09. The van der Waals surface area contributed by atoms with Crippen LogP contribution in [0, 0.1) is 0 Å². The first-order chi connectivity index (χ1) is 6.90. The van der Waals surface area contributed by atoms with Gasteiger partial charge in [0.05, 0.1) is 31.1 Å². The number of nitrogens with zero attached hydrogens (tertiary/aromatic N) is 3. The fourth-order valence-corrected chi connectivity index (χ4v) is 1.70. The molecule has 2 heterocycles. The van der Waals surface area contributed by atoms with Gasteiger partial charge in [-0.05, 0) is 19.3 Å². The molecule has 0 radical (unpaired) electrons. The van der Waals surface area contributed by atoms with Crippen LogP contribution >= 0.6 is 0 Å². The van der Waals surface area contributed by atoms with Gasteiger partial charge in [-0.2, -0.15) is 0 Å². The summed E-state index contributed by atoms with van der Waals surface area (Å²) < 4.78 is 7.30. The van der Waals surface area contributed by atoms with Crippen molar-refractivity contribution in [1.82, 2.24) is 15.0 Å². The normalized spacial score (nSPS) is 22.5. The summed E-state index contributed by atoms with van der Waals surface area (Å²) >= 11 is 0. The first-order valence-corrected chi connectivity index (χ1v) is 5.00. The van der Waals surface area contributed by atoms with Crippen LogP contribution in [-0.2, 0) is 17.9 Å². The monoisotopic (exact) mass is 197 g/mol. The van der Waals surface area contributed by atoms with E-state index in [9.17, 15) is 0 Å². The molecule has 1 fully saturated rings. The van der Waals surface area contributed by atoms with Crippen molar-refractivity contribution in [2.75, 3.05) is 6.61 Å². The molecule has 78 valence electrons. The number of aliphatic hydroxyl groups excluding tert-OH is 1.